The number of carboxylic acid groups (broad SMARTS) is 1. The molecule has 0 aliphatic heterocycles. The summed E-state index contributed by atoms with van der Waals surface area (Å²) >= 11 is 0. The summed E-state index contributed by atoms with van der Waals surface area (Å²) in [6.07, 6.45) is 21.5. The molecule has 0 bridgehead atoms. The molecule has 0 saturated carbocycles. The lowest BCUT2D eigenvalue weighted by Crippen LogP contribution is -2.41. The van der Waals surface area contributed by atoms with Gasteiger partial charge in [0.25, 0.3) is 0 Å². The number of anilines is 1. The Bertz CT molecular complexity index is 985. The second kappa shape index (κ2) is 20.2. The van der Waals surface area contributed by atoms with Crippen LogP contribution in [0.15, 0.2) is 66.8 Å². The Morgan fingerprint density at radius 3 is 2.11 bits per heavy atom. The molecule has 1 rings (SSSR count). The van der Waals surface area contributed by atoms with Gasteiger partial charge < -0.3 is 30.9 Å². The normalized spacial score (nSPS) is 12.5. The van der Waals surface area contributed by atoms with E-state index in [4.69, 9.17) is 9.84 Å². The number of hydrogen-bond donors (Lipinski definition) is 5. The summed E-state index contributed by atoms with van der Waals surface area (Å²) in [7, 11) is 0. The first-order valence-corrected chi connectivity index (χ1v) is 13.0. The molecule has 0 saturated heterocycles. The number of aromatic carboxylic acids is 1. The van der Waals surface area contributed by atoms with Gasteiger partial charge in [0.15, 0.2) is 0 Å². The van der Waals surface area contributed by atoms with Gasteiger partial charge in [-0.3, -0.25) is 4.79 Å². The molecule has 0 spiro atoms. The Kier molecular flexibility index (Phi) is 17.1. The van der Waals surface area contributed by atoms with Gasteiger partial charge in [-0.2, -0.15) is 0 Å². The Morgan fingerprint density at radius 1 is 0.895 bits per heavy atom. The molecule has 1 aromatic carbocycles. The number of carboxylic acids is 1. The third-order valence-electron chi connectivity index (χ3n) is 5.18. The quantitative estimate of drug-likeness (QED) is 0.0996. The van der Waals surface area contributed by atoms with E-state index in [1.165, 1.54) is 12.1 Å². The van der Waals surface area contributed by atoms with Crippen molar-refractivity contribution in [2.45, 2.75) is 58.5 Å². The van der Waals surface area contributed by atoms with Gasteiger partial charge in [-0.25, -0.2) is 9.59 Å². The molecule has 0 radical (unpaired) electrons. The third kappa shape index (κ3) is 14.6. The minimum Gasteiger partial charge on any atom is -0.507 e. The molecule has 1 atom stereocenters. The van der Waals surface area contributed by atoms with Gasteiger partial charge in [0.2, 0.25) is 5.91 Å². The van der Waals surface area contributed by atoms with Gasteiger partial charge in [0.1, 0.15) is 17.4 Å². The van der Waals surface area contributed by atoms with E-state index < -0.39 is 23.9 Å². The maximum Gasteiger partial charge on any atom is 0.339 e. The largest absolute Gasteiger partial charge is 0.507 e. The SMILES string of the molecule is CC/C=C\C/C=C\C/C=C\C/C=C\CCOC(CC)C(=O)NCCNC(=O)Nc1ccc(O)c(C(=O)O)c1. The van der Waals surface area contributed by atoms with Crippen LogP contribution in [0.2, 0.25) is 0 Å². The van der Waals surface area contributed by atoms with Crippen molar-refractivity contribution in [3.05, 3.63) is 72.4 Å². The lowest BCUT2D eigenvalue weighted by molar-refractivity contribution is -0.132. The highest BCUT2D eigenvalue weighted by Crippen LogP contribution is 2.21. The number of allylic oxidation sites excluding steroid dienone is 7. The Labute approximate surface area is 225 Å². The van der Waals surface area contributed by atoms with E-state index in [9.17, 15) is 19.5 Å². The van der Waals surface area contributed by atoms with Crippen molar-refractivity contribution >= 4 is 23.6 Å². The van der Waals surface area contributed by atoms with Crippen LogP contribution < -0.4 is 16.0 Å². The van der Waals surface area contributed by atoms with Crippen molar-refractivity contribution in [1.29, 1.82) is 0 Å². The highest BCUT2D eigenvalue weighted by molar-refractivity contribution is 5.95. The average Bonchev–Trinajstić information content (AvgIpc) is 2.89. The standard InChI is InChI=1S/C29H41N3O6/c1-3-5-6-7-8-9-10-11-12-13-14-15-16-21-38-26(4-2)27(34)30-19-20-31-29(37)32-23-17-18-25(33)24(22-23)28(35)36/h5-6,8-9,11-12,14-15,17-18,22,26,33H,3-4,7,10,13,16,19-21H2,1-2H3,(H,30,34)(H,35,36)(H2,31,32,37)/b6-5-,9-8-,12-11-,15-14-. The molecule has 1 aromatic rings. The summed E-state index contributed by atoms with van der Waals surface area (Å²) in [5, 5.41) is 26.3. The van der Waals surface area contributed by atoms with Crippen LogP contribution >= 0.6 is 0 Å². The lowest BCUT2D eigenvalue weighted by Gasteiger charge is -2.16. The predicted octanol–water partition coefficient (Wildman–Crippen LogP) is 5.32. The van der Waals surface area contributed by atoms with Gasteiger partial charge in [-0.15, -0.1) is 0 Å². The summed E-state index contributed by atoms with van der Waals surface area (Å²) in [5.41, 5.74) is -0.0999. The van der Waals surface area contributed by atoms with E-state index in [0.29, 0.717) is 19.4 Å². The minimum atomic E-state index is -1.31. The summed E-state index contributed by atoms with van der Waals surface area (Å²) in [6.45, 7) is 4.80. The van der Waals surface area contributed by atoms with E-state index in [2.05, 4.69) is 65.4 Å². The molecule has 208 valence electrons. The fourth-order valence-electron chi connectivity index (χ4n) is 3.19. The van der Waals surface area contributed by atoms with Crippen LogP contribution in [0.5, 0.6) is 5.75 Å². The van der Waals surface area contributed by atoms with Crippen LogP contribution in [0.4, 0.5) is 10.5 Å². The molecule has 38 heavy (non-hydrogen) atoms. The number of aromatic hydroxyl groups is 1. The molecule has 3 amide bonds. The minimum absolute atomic E-state index is 0.166. The zero-order valence-corrected chi connectivity index (χ0v) is 22.3. The van der Waals surface area contributed by atoms with Gasteiger partial charge in [-0.05, 0) is 56.7 Å². The molecular weight excluding hydrogens is 486 g/mol. The Hall–Kier alpha value is -3.85. The summed E-state index contributed by atoms with van der Waals surface area (Å²) in [6, 6.07) is 3.15. The molecule has 0 heterocycles. The number of nitrogens with one attached hydrogen (secondary N) is 3. The molecule has 0 aliphatic carbocycles. The number of amides is 3. The zero-order chi connectivity index (χ0) is 28.0. The van der Waals surface area contributed by atoms with Crippen LogP contribution in [0, 0.1) is 0 Å². The molecule has 0 aromatic heterocycles. The fourth-order valence-corrected chi connectivity index (χ4v) is 3.19. The van der Waals surface area contributed by atoms with Crippen LogP contribution in [-0.2, 0) is 9.53 Å². The smallest absolute Gasteiger partial charge is 0.339 e. The predicted molar refractivity (Wildman–Crippen MR) is 150 cm³/mol. The van der Waals surface area contributed by atoms with E-state index in [1.54, 1.807) is 0 Å². The molecule has 1 unspecified atom stereocenters. The van der Waals surface area contributed by atoms with Crippen molar-refractivity contribution in [1.82, 2.24) is 10.6 Å². The molecule has 9 heteroatoms. The fraction of sp³-hybridized carbons (Fsp3) is 0.414. The molecular formula is C29H41N3O6. The first kappa shape index (κ1) is 32.2. The monoisotopic (exact) mass is 527 g/mol. The Balaban J connectivity index is 2.19. The second-order valence-corrected chi connectivity index (χ2v) is 8.27. The number of carbonyl (C=O) groups is 3. The maximum atomic E-state index is 12.3. The highest BCUT2D eigenvalue weighted by atomic mass is 16.5. The van der Waals surface area contributed by atoms with E-state index in [-0.39, 0.29) is 30.2 Å². The van der Waals surface area contributed by atoms with Gasteiger partial charge in [0.05, 0.1) is 6.61 Å². The number of carbonyl (C=O) groups excluding carboxylic acids is 2. The number of phenols is 1. The summed E-state index contributed by atoms with van der Waals surface area (Å²) < 4.78 is 5.69. The lowest BCUT2D eigenvalue weighted by atomic mass is 10.2. The van der Waals surface area contributed by atoms with E-state index in [1.807, 2.05) is 13.0 Å². The van der Waals surface area contributed by atoms with Crippen LogP contribution in [0.3, 0.4) is 0 Å². The number of rotatable bonds is 18. The van der Waals surface area contributed by atoms with E-state index in [0.717, 1.165) is 31.7 Å². The van der Waals surface area contributed by atoms with Gasteiger partial charge in [-0.1, -0.05) is 62.5 Å². The zero-order valence-electron chi connectivity index (χ0n) is 22.3. The number of ether oxygens (including phenoxy) is 1. The molecule has 0 aliphatic rings. The van der Waals surface area contributed by atoms with Gasteiger partial charge in [0, 0.05) is 18.8 Å². The average molecular weight is 528 g/mol. The third-order valence-corrected chi connectivity index (χ3v) is 5.18. The van der Waals surface area contributed by atoms with Crippen LogP contribution in [0.25, 0.3) is 0 Å². The van der Waals surface area contributed by atoms with Crippen molar-refractivity contribution in [2.75, 3.05) is 25.0 Å². The molecule has 5 N–H and O–H groups in total. The van der Waals surface area contributed by atoms with Crippen molar-refractivity contribution in [3.8, 4) is 5.75 Å². The number of benzene rings is 1. The molecule has 9 nitrogen and oxygen atoms in total. The first-order chi connectivity index (χ1) is 18.4. The van der Waals surface area contributed by atoms with Crippen molar-refractivity contribution < 1.29 is 29.3 Å². The number of hydrogen-bond acceptors (Lipinski definition) is 5. The topological polar surface area (TPSA) is 137 Å². The maximum absolute atomic E-state index is 12.3. The number of urea groups is 1. The van der Waals surface area contributed by atoms with Crippen molar-refractivity contribution in [2.24, 2.45) is 0 Å². The summed E-state index contributed by atoms with van der Waals surface area (Å²) in [4.78, 5) is 35.4. The first-order valence-electron chi connectivity index (χ1n) is 13.0. The van der Waals surface area contributed by atoms with Crippen LogP contribution in [-0.4, -0.2) is 53.9 Å². The Morgan fingerprint density at radius 2 is 1.50 bits per heavy atom. The highest BCUT2D eigenvalue weighted by Gasteiger charge is 2.16. The van der Waals surface area contributed by atoms with Gasteiger partial charge >= 0.3 is 12.0 Å². The summed E-state index contributed by atoms with van der Waals surface area (Å²) in [5.74, 6) is -1.94. The van der Waals surface area contributed by atoms with Crippen LogP contribution in [0.1, 0.15) is 62.7 Å². The van der Waals surface area contributed by atoms with E-state index >= 15 is 0 Å². The second-order valence-electron chi connectivity index (χ2n) is 8.27. The van der Waals surface area contributed by atoms with Crippen molar-refractivity contribution in [3.63, 3.8) is 0 Å². The molecule has 0 fully saturated rings.